The fraction of sp³-hybridized carbons (Fsp3) is 0.571. The van der Waals surface area contributed by atoms with E-state index in [2.05, 4.69) is 21.2 Å². The van der Waals surface area contributed by atoms with Crippen LogP contribution in [0.4, 0.5) is 0 Å². The molecule has 0 N–H and O–H groups in total. The standard InChI is InChI=1S/C11H15N3OS.C2H6.CH2O/c1-9-12-10(13-16-9)7-5-4-6-8-11(15)14(2)3;2*1-2/h4,6,8H2,1-3H3;1-2H3;1H2. The number of amides is 1. The van der Waals surface area contributed by atoms with E-state index in [1.54, 1.807) is 19.0 Å². The van der Waals surface area contributed by atoms with Crippen molar-refractivity contribution in [1.29, 1.82) is 0 Å². The molecule has 6 heteroatoms. The first kappa shape index (κ1) is 20.6. The summed E-state index contributed by atoms with van der Waals surface area (Å²) < 4.78 is 4.06. The summed E-state index contributed by atoms with van der Waals surface area (Å²) in [4.78, 5) is 25.0. The Hall–Kier alpha value is -1.74. The molecule has 0 aliphatic heterocycles. The van der Waals surface area contributed by atoms with Gasteiger partial charge in [-0.1, -0.05) is 19.8 Å². The van der Waals surface area contributed by atoms with Crippen LogP contribution in [0.2, 0.25) is 0 Å². The van der Waals surface area contributed by atoms with Crippen LogP contribution in [0.1, 0.15) is 43.9 Å². The number of unbranched alkanes of at least 4 members (excludes halogenated alkanes) is 1. The van der Waals surface area contributed by atoms with Crippen molar-refractivity contribution in [3.8, 4) is 11.8 Å². The van der Waals surface area contributed by atoms with Crippen molar-refractivity contribution in [2.45, 2.75) is 40.0 Å². The Kier molecular flexibility index (Phi) is 14.1. The highest BCUT2D eigenvalue weighted by molar-refractivity contribution is 7.05. The van der Waals surface area contributed by atoms with Gasteiger partial charge in [0.05, 0.1) is 0 Å². The maximum Gasteiger partial charge on any atom is 0.222 e. The number of nitrogens with zero attached hydrogens (tertiary/aromatic N) is 3. The van der Waals surface area contributed by atoms with Crippen molar-refractivity contribution in [3.63, 3.8) is 0 Å². The third-order valence-electron chi connectivity index (χ3n) is 1.92. The fourth-order valence-corrected chi connectivity index (χ4v) is 1.48. The second-order valence-electron chi connectivity index (χ2n) is 3.58. The molecule has 0 spiro atoms. The molecule has 1 aromatic rings. The van der Waals surface area contributed by atoms with Crippen LogP contribution in [0, 0.1) is 18.8 Å². The van der Waals surface area contributed by atoms with E-state index in [4.69, 9.17) is 4.79 Å². The first-order valence-corrected chi connectivity index (χ1v) is 7.15. The van der Waals surface area contributed by atoms with Crippen molar-refractivity contribution >= 4 is 24.2 Å². The average molecular weight is 297 g/mol. The lowest BCUT2D eigenvalue weighted by Crippen LogP contribution is -2.20. The highest BCUT2D eigenvalue weighted by Gasteiger charge is 2.01. The first-order valence-electron chi connectivity index (χ1n) is 6.38. The zero-order chi connectivity index (χ0) is 16.0. The molecule has 1 amide bonds. The van der Waals surface area contributed by atoms with Gasteiger partial charge in [0.2, 0.25) is 11.7 Å². The van der Waals surface area contributed by atoms with Crippen LogP contribution in [-0.2, 0) is 9.59 Å². The van der Waals surface area contributed by atoms with Gasteiger partial charge < -0.3 is 9.69 Å². The molecule has 112 valence electrons. The van der Waals surface area contributed by atoms with Gasteiger partial charge in [0.25, 0.3) is 0 Å². The summed E-state index contributed by atoms with van der Waals surface area (Å²) in [6.07, 6.45) is 2.04. The van der Waals surface area contributed by atoms with Crippen molar-refractivity contribution in [1.82, 2.24) is 14.3 Å². The lowest BCUT2D eigenvalue weighted by atomic mass is 10.2. The van der Waals surface area contributed by atoms with E-state index in [0.717, 1.165) is 11.4 Å². The summed E-state index contributed by atoms with van der Waals surface area (Å²) >= 11 is 1.35. The monoisotopic (exact) mass is 297 g/mol. The van der Waals surface area contributed by atoms with Crippen LogP contribution in [0.3, 0.4) is 0 Å². The minimum Gasteiger partial charge on any atom is -0.349 e. The van der Waals surface area contributed by atoms with E-state index < -0.39 is 0 Å². The molecule has 20 heavy (non-hydrogen) atoms. The Labute approximate surface area is 125 Å². The molecule has 0 bridgehead atoms. The van der Waals surface area contributed by atoms with Crippen LogP contribution in [0.5, 0.6) is 0 Å². The van der Waals surface area contributed by atoms with E-state index in [1.807, 2.05) is 27.6 Å². The molecule has 1 heterocycles. The molecule has 0 aliphatic rings. The van der Waals surface area contributed by atoms with Gasteiger partial charge in [-0.25, -0.2) is 4.98 Å². The minimum atomic E-state index is 0.143. The minimum absolute atomic E-state index is 0.143. The van der Waals surface area contributed by atoms with Crippen molar-refractivity contribution in [2.75, 3.05) is 14.1 Å². The number of hydrogen-bond acceptors (Lipinski definition) is 5. The lowest BCUT2D eigenvalue weighted by Gasteiger charge is -2.08. The van der Waals surface area contributed by atoms with Crippen molar-refractivity contribution in [2.24, 2.45) is 0 Å². The third kappa shape index (κ3) is 10.2. The molecule has 5 nitrogen and oxygen atoms in total. The SMILES string of the molecule is C=O.CC.Cc1nc(C#CCCCC(=O)N(C)C)ns1. The summed E-state index contributed by atoms with van der Waals surface area (Å²) in [7, 11) is 3.52. The topological polar surface area (TPSA) is 63.2 Å². The lowest BCUT2D eigenvalue weighted by molar-refractivity contribution is -0.128. The summed E-state index contributed by atoms with van der Waals surface area (Å²) in [6.45, 7) is 7.90. The fourth-order valence-electron chi connectivity index (χ4n) is 1.04. The quantitative estimate of drug-likeness (QED) is 0.634. The summed E-state index contributed by atoms with van der Waals surface area (Å²) in [5.41, 5.74) is 0. The van der Waals surface area contributed by atoms with Gasteiger partial charge in [-0.05, 0) is 30.8 Å². The maximum absolute atomic E-state index is 11.2. The van der Waals surface area contributed by atoms with Crippen LogP contribution < -0.4 is 0 Å². The van der Waals surface area contributed by atoms with Crippen LogP contribution >= 0.6 is 11.5 Å². The van der Waals surface area contributed by atoms with Gasteiger partial charge in [-0.2, -0.15) is 4.37 Å². The van der Waals surface area contributed by atoms with Gasteiger partial charge in [-0.15, -0.1) is 0 Å². The molecular weight excluding hydrogens is 274 g/mol. The van der Waals surface area contributed by atoms with E-state index in [0.29, 0.717) is 18.7 Å². The second-order valence-corrected chi connectivity index (χ2v) is 4.54. The first-order chi connectivity index (χ1) is 9.59. The molecule has 1 rings (SSSR count). The van der Waals surface area contributed by atoms with Crippen molar-refractivity contribution in [3.05, 3.63) is 10.8 Å². The van der Waals surface area contributed by atoms with Gasteiger partial charge in [0.15, 0.2) is 0 Å². The van der Waals surface area contributed by atoms with Crippen LogP contribution in [-0.4, -0.2) is 41.0 Å². The smallest absolute Gasteiger partial charge is 0.222 e. The largest absolute Gasteiger partial charge is 0.349 e. The highest BCUT2D eigenvalue weighted by atomic mass is 32.1. The van der Waals surface area contributed by atoms with Gasteiger partial charge >= 0.3 is 0 Å². The van der Waals surface area contributed by atoms with E-state index in [9.17, 15) is 4.79 Å². The molecule has 0 saturated carbocycles. The molecule has 0 aromatic carbocycles. The van der Waals surface area contributed by atoms with Gasteiger partial charge in [0, 0.05) is 26.9 Å². The summed E-state index contributed by atoms with van der Waals surface area (Å²) in [5, 5.41) is 0.923. The molecule has 1 aromatic heterocycles. The Morgan fingerprint density at radius 2 is 1.95 bits per heavy atom. The summed E-state index contributed by atoms with van der Waals surface area (Å²) in [6, 6.07) is 0. The van der Waals surface area contributed by atoms with E-state index in [-0.39, 0.29) is 5.91 Å². The maximum atomic E-state index is 11.2. The van der Waals surface area contributed by atoms with Crippen molar-refractivity contribution < 1.29 is 9.59 Å². The third-order valence-corrected chi connectivity index (χ3v) is 2.54. The Bertz CT molecular complexity index is 433. The summed E-state index contributed by atoms with van der Waals surface area (Å²) in [5.74, 6) is 6.58. The van der Waals surface area contributed by atoms with Gasteiger partial charge in [-0.3, -0.25) is 4.79 Å². The normalized spacial score (nSPS) is 8.05. The highest BCUT2D eigenvalue weighted by Crippen LogP contribution is 2.01. The van der Waals surface area contributed by atoms with E-state index >= 15 is 0 Å². The number of hydrogen-bond donors (Lipinski definition) is 0. The predicted molar refractivity (Wildman–Crippen MR) is 82.5 cm³/mol. The molecule has 0 radical (unpaired) electrons. The Balaban J connectivity index is 0. The average Bonchev–Trinajstić information content (AvgIpc) is 2.88. The van der Waals surface area contributed by atoms with Crippen LogP contribution in [0.25, 0.3) is 0 Å². The molecule has 0 saturated heterocycles. The van der Waals surface area contributed by atoms with Gasteiger partial charge in [0.1, 0.15) is 11.8 Å². The second kappa shape index (κ2) is 13.7. The number of carbonyl (C=O) groups is 2. The Morgan fingerprint density at radius 1 is 1.35 bits per heavy atom. The van der Waals surface area contributed by atoms with E-state index in [1.165, 1.54) is 11.5 Å². The Morgan fingerprint density at radius 3 is 2.40 bits per heavy atom. The number of rotatable bonds is 3. The number of aromatic nitrogens is 2. The molecule has 0 unspecified atom stereocenters. The van der Waals surface area contributed by atoms with Crippen LogP contribution in [0.15, 0.2) is 0 Å². The molecule has 0 aliphatic carbocycles. The zero-order valence-electron chi connectivity index (χ0n) is 12.9. The number of carbonyl (C=O) groups excluding carboxylic acids is 2. The molecular formula is C14H23N3O2S. The predicted octanol–water partition coefficient (Wildman–Crippen LogP) is 2.30. The molecule has 0 atom stereocenters. The zero-order valence-corrected chi connectivity index (χ0v) is 13.7. The number of aryl methyl sites for hydroxylation is 1. The molecule has 0 fully saturated rings.